The van der Waals surface area contributed by atoms with Crippen LogP contribution in [0, 0.1) is 26.0 Å². The van der Waals surface area contributed by atoms with Gasteiger partial charge in [-0.3, -0.25) is 9.69 Å². The summed E-state index contributed by atoms with van der Waals surface area (Å²) in [5.74, 6) is -1.58. The van der Waals surface area contributed by atoms with Crippen molar-refractivity contribution in [2.24, 2.45) is 0 Å². The standard InChI is InChI=1S/C30H41FN6O12S/c1-19(2)28-26(29(20-7-9-21(31)10-8-20)33-30(32-28)34(3)50(4,45)46)12-11-23(38)14-24(39)15-27(40)47-17-22-6-5-13-35(22)16-25(49-37(43)44)18-48-36(41)42/h7-12,19,22-25,38-39H,5-6,13-18H2,1-4H3/b12-11+/t22?,23-,24-,25?/m1/s1. The van der Waals surface area contributed by atoms with Crippen molar-refractivity contribution in [2.45, 2.75) is 69.8 Å². The molecule has 1 aromatic heterocycles. The number of sulfonamides is 1. The first-order chi connectivity index (χ1) is 23.4. The summed E-state index contributed by atoms with van der Waals surface area (Å²) in [6.07, 6.45) is 0.650. The van der Waals surface area contributed by atoms with Crippen LogP contribution in [0.1, 0.15) is 56.7 Å². The van der Waals surface area contributed by atoms with Gasteiger partial charge in [-0.25, -0.2) is 27.1 Å². The second-order valence-electron chi connectivity index (χ2n) is 12.0. The predicted octanol–water partition coefficient (Wildman–Crippen LogP) is 2.11. The summed E-state index contributed by atoms with van der Waals surface area (Å²) in [4.78, 5) is 53.2. The maximum absolute atomic E-state index is 13.7. The van der Waals surface area contributed by atoms with Crippen molar-refractivity contribution in [3.8, 4) is 11.3 Å². The highest BCUT2D eigenvalue weighted by Crippen LogP contribution is 2.32. The molecular formula is C30H41FN6O12S. The Morgan fingerprint density at radius 2 is 1.86 bits per heavy atom. The van der Waals surface area contributed by atoms with Gasteiger partial charge in [0.2, 0.25) is 16.0 Å². The number of likely N-dealkylation sites (tertiary alicyclic amines) is 1. The van der Waals surface area contributed by atoms with E-state index in [0.717, 1.165) is 10.6 Å². The van der Waals surface area contributed by atoms with Crippen LogP contribution in [0.25, 0.3) is 17.3 Å². The number of aliphatic hydroxyl groups excluding tert-OH is 2. The number of hydrogen-bond donors (Lipinski definition) is 2. The summed E-state index contributed by atoms with van der Waals surface area (Å²) in [6, 6.07) is 5.05. The lowest BCUT2D eigenvalue weighted by atomic mass is 9.97. The molecule has 0 radical (unpaired) electrons. The van der Waals surface area contributed by atoms with E-state index >= 15 is 0 Å². The number of aliphatic hydroxyl groups is 2. The Labute approximate surface area is 287 Å². The first-order valence-corrected chi connectivity index (χ1v) is 17.4. The Kier molecular flexibility index (Phi) is 14.3. The van der Waals surface area contributed by atoms with Gasteiger partial charge in [-0.05, 0) is 49.6 Å². The Bertz CT molecular complexity index is 1630. The highest BCUT2D eigenvalue weighted by Gasteiger charge is 2.30. The van der Waals surface area contributed by atoms with Crippen LogP contribution in [0.15, 0.2) is 30.3 Å². The van der Waals surface area contributed by atoms with E-state index in [9.17, 15) is 48.0 Å². The number of esters is 1. The number of rotatable bonds is 19. The number of carbonyl (C=O) groups is 1. The first kappa shape index (κ1) is 39.9. The van der Waals surface area contributed by atoms with Gasteiger partial charge in [0.05, 0.1) is 36.3 Å². The van der Waals surface area contributed by atoms with E-state index in [1.807, 2.05) is 13.8 Å². The van der Waals surface area contributed by atoms with Crippen molar-refractivity contribution in [2.75, 3.05) is 43.9 Å². The molecule has 0 bridgehead atoms. The van der Waals surface area contributed by atoms with Crippen LogP contribution in [0.2, 0.25) is 0 Å². The van der Waals surface area contributed by atoms with Gasteiger partial charge < -0.3 is 24.6 Å². The summed E-state index contributed by atoms with van der Waals surface area (Å²) in [5, 5.41) is 40.4. The Morgan fingerprint density at radius 3 is 2.46 bits per heavy atom. The molecule has 0 saturated carbocycles. The van der Waals surface area contributed by atoms with Gasteiger partial charge in [-0.2, -0.15) is 0 Å². The molecule has 2 unspecified atom stereocenters. The lowest BCUT2D eigenvalue weighted by Gasteiger charge is -2.27. The quantitative estimate of drug-likeness (QED) is 0.120. The Hall–Kier alpha value is -4.53. The molecule has 0 aliphatic carbocycles. The smallest absolute Gasteiger partial charge is 0.308 e. The summed E-state index contributed by atoms with van der Waals surface area (Å²) < 4.78 is 44.5. The number of benzene rings is 1. The van der Waals surface area contributed by atoms with Crippen LogP contribution in [0.5, 0.6) is 0 Å². The van der Waals surface area contributed by atoms with E-state index in [4.69, 9.17) is 4.74 Å². The molecule has 1 aliphatic rings. The molecule has 4 atom stereocenters. The molecule has 18 nitrogen and oxygen atoms in total. The third-order valence-electron chi connectivity index (χ3n) is 7.78. The van der Waals surface area contributed by atoms with Crippen molar-refractivity contribution in [1.29, 1.82) is 0 Å². The molecule has 1 saturated heterocycles. The first-order valence-electron chi connectivity index (χ1n) is 15.6. The van der Waals surface area contributed by atoms with Crippen LogP contribution in [0.3, 0.4) is 0 Å². The molecule has 276 valence electrons. The number of anilines is 1. The van der Waals surface area contributed by atoms with Crippen molar-refractivity contribution < 1.29 is 52.4 Å². The third kappa shape index (κ3) is 12.1. The second-order valence-corrected chi connectivity index (χ2v) is 14.0. The lowest BCUT2D eigenvalue weighted by molar-refractivity contribution is -0.789. The maximum atomic E-state index is 13.7. The van der Waals surface area contributed by atoms with Gasteiger partial charge in [-0.15, -0.1) is 20.2 Å². The fourth-order valence-electron chi connectivity index (χ4n) is 5.25. The van der Waals surface area contributed by atoms with E-state index in [2.05, 4.69) is 19.6 Å². The molecular weight excluding hydrogens is 687 g/mol. The maximum Gasteiger partial charge on any atom is 0.308 e. The van der Waals surface area contributed by atoms with Crippen LogP contribution in [-0.2, 0) is 29.2 Å². The number of halogens is 1. The second kappa shape index (κ2) is 17.9. The number of carbonyl (C=O) groups excluding carboxylic acids is 1. The molecule has 1 fully saturated rings. The fourth-order valence-corrected chi connectivity index (χ4v) is 5.63. The number of aromatic nitrogens is 2. The van der Waals surface area contributed by atoms with Gasteiger partial charge >= 0.3 is 5.97 Å². The summed E-state index contributed by atoms with van der Waals surface area (Å²) in [5.41, 5.74) is 1.62. The molecule has 0 amide bonds. The Morgan fingerprint density at radius 1 is 1.18 bits per heavy atom. The predicted molar refractivity (Wildman–Crippen MR) is 175 cm³/mol. The van der Waals surface area contributed by atoms with Crippen molar-refractivity contribution >= 4 is 28.0 Å². The largest absolute Gasteiger partial charge is 0.464 e. The minimum Gasteiger partial charge on any atom is -0.464 e. The van der Waals surface area contributed by atoms with E-state index in [1.54, 1.807) is 4.90 Å². The van der Waals surface area contributed by atoms with Crippen molar-refractivity contribution in [3.63, 3.8) is 0 Å². The highest BCUT2D eigenvalue weighted by molar-refractivity contribution is 7.92. The zero-order valence-electron chi connectivity index (χ0n) is 28.0. The summed E-state index contributed by atoms with van der Waals surface area (Å²) >= 11 is 0. The van der Waals surface area contributed by atoms with E-state index < -0.39 is 63.3 Å². The monoisotopic (exact) mass is 728 g/mol. The molecule has 50 heavy (non-hydrogen) atoms. The number of ether oxygens (including phenoxy) is 1. The van der Waals surface area contributed by atoms with Gasteiger partial charge in [-0.1, -0.05) is 26.0 Å². The topological polar surface area (TPSA) is 238 Å². The van der Waals surface area contributed by atoms with E-state index in [-0.39, 0.29) is 43.2 Å². The molecule has 2 aromatic rings. The average molecular weight is 729 g/mol. The zero-order chi connectivity index (χ0) is 37.2. The molecule has 1 aliphatic heterocycles. The van der Waals surface area contributed by atoms with Gasteiger partial charge in [0.25, 0.3) is 10.2 Å². The lowest BCUT2D eigenvalue weighted by Crippen LogP contribution is -2.42. The number of nitrogens with zero attached hydrogens (tertiary/aromatic N) is 6. The molecule has 1 aromatic carbocycles. The minimum absolute atomic E-state index is 0.0816. The molecule has 20 heteroatoms. The third-order valence-corrected chi connectivity index (χ3v) is 8.94. The SMILES string of the molecule is CC(C)c1nc(N(C)S(C)(=O)=O)nc(-c2ccc(F)cc2)c1/C=C/[C@@H](O)C[C@@H](O)CC(=O)OCC1CCCN1CC(CO[N+](=O)[O-])O[N+](=O)[O-]. The van der Waals surface area contributed by atoms with Crippen LogP contribution >= 0.6 is 0 Å². The van der Waals surface area contributed by atoms with E-state index in [0.29, 0.717) is 36.2 Å². The van der Waals surface area contributed by atoms with Crippen LogP contribution in [0.4, 0.5) is 10.3 Å². The molecule has 3 rings (SSSR count). The van der Waals surface area contributed by atoms with Crippen molar-refractivity contribution in [3.05, 3.63) is 67.6 Å². The average Bonchev–Trinajstić information content (AvgIpc) is 3.47. The fraction of sp³-hybridized carbons (Fsp3) is 0.567. The van der Waals surface area contributed by atoms with Gasteiger partial charge in [0.1, 0.15) is 25.1 Å². The number of hydrogen-bond acceptors (Lipinski definition) is 15. The molecule has 0 spiro atoms. The minimum atomic E-state index is -3.72. The summed E-state index contributed by atoms with van der Waals surface area (Å²) in [6.45, 7) is 3.29. The molecule has 2 heterocycles. The highest BCUT2D eigenvalue weighted by atomic mass is 32.2. The molecule has 2 N–H and O–H groups in total. The Balaban J connectivity index is 1.67. The normalized spacial score (nSPS) is 17.0. The van der Waals surface area contributed by atoms with Crippen LogP contribution < -0.4 is 4.31 Å². The zero-order valence-corrected chi connectivity index (χ0v) is 28.8. The summed E-state index contributed by atoms with van der Waals surface area (Å²) in [7, 11) is -2.42. The van der Waals surface area contributed by atoms with Gasteiger partial charge in [0, 0.05) is 37.2 Å². The van der Waals surface area contributed by atoms with E-state index in [1.165, 1.54) is 43.5 Å². The van der Waals surface area contributed by atoms with Crippen molar-refractivity contribution in [1.82, 2.24) is 14.9 Å². The van der Waals surface area contributed by atoms with Gasteiger partial charge in [0.15, 0.2) is 0 Å². The van der Waals surface area contributed by atoms with Crippen LogP contribution in [-0.4, -0.2) is 114 Å².